The third-order valence-electron chi connectivity index (χ3n) is 5.27. The minimum absolute atomic E-state index is 0.168. The van der Waals surface area contributed by atoms with Gasteiger partial charge in [-0.05, 0) is 44.4 Å². The number of carbonyl (C=O) groups excluding carboxylic acids is 1. The van der Waals surface area contributed by atoms with Crippen molar-refractivity contribution in [2.45, 2.75) is 52.9 Å². The molecule has 3 aromatic rings. The lowest BCUT2D eigenvalue weighted by Crippen LogP contribution is -2.15. The highest BCUT2D eigenvalue weighted by Gasteiger charge is 2.20. The lowest BCUT2D eigenvalue weighted by atomic mass is 10.0. The van der Waals surface area contributed by atoms with E-state index in [9.17, 15) is 4.79 Å². The molecule has 2 aromatic carbocycles. The predicted octanol–water partition coefficient (Wildman–Crippen LogP) is 5.48. The van der Waals surface area contributed by atoms with Gasteiger partial charge in [0.05, 0.1) is 6.61 Å². The van der Waals surface area contributed by atoms with E-state index in [2.05, 4.69) is 17.0 Å². The summed E-state index contributed by atoms with van der Waals surface area (Å²) in [5, 5.41) is 4.35. The van der Waals surface area contributed by atoms with Gasteiger partial charge >= 0.3 is 6.01 Å². The molecule has 0 unspecified atom stereocenters. The first-order valence-corrected chi connectivity index (χ1v) is 11.5. The summed E-state index contributed by atoms with van der Waals surface area (Å²) in [7, 11) is 0. The normalized spacial score (nSPS) is 11.0. The Hall–Kier alpha value is -2.99. The largest absolute Gasteiger partial charge is 0.460 e. The Morgan fingerprint density at radius 1 is 0.938 bits per heavy atom. The molecular formula is C26H33N3O3. The van der Waals surface area contributed by atoms with Crippen LogP contribution in [0.25, 0.3) is 11.4 Å². The molecule has 170 valence electrons. The lowest BCUT2D eigenvalue weighted by Gasteiger charge is -2.06. The van der Waals surface area contributed by atoms with Crippen LogP contribution in [-0.2, 0) is 11.2 Å². The zero-order valence-electron chi connectivity index (χ0n) is 19.3. The average Bonchev–Trinajstić information content (AvgIpc) is 3.24. The van der Waals surface area contributed by atoms with Gasteiger partial charge in [-0.1, -0.05) is 68.1 Å². The summed E-state index contributed by atoms with van der Waals surface area (Å²) in [6, 6.07) is 15.8. The van der Waals surface area contributed by atoms with Crippen LogP contribution in [0, 0.1) is 6.92 Å². The molecule has 1 heterocycles. The minimum atomic E-state index is -0.231. The molecule has 3 rings (SSSR count). The van der Waals surface area contributed by atoms with Crippen molar-refractivity contribution in [3.05, 3.63) is 65.2 Å². The Morgan fingerprint density at radius 3 is 2.38 bits per heavy atom. The number of carbonyl (C=O) groups is 1. The molecule has 0 saturated carbocycles. The molecule has 0 N–H and O–H groups in total. The predicted molar refractivity (Wildman–Crippen MR) is 126 cm³/mol. The molecule has 0 aliphatic rings. The van der Waals surface area contributed by atoms with Gasteiger partial charge in [0.15, 0.2) is 5.82 Å². The van der Waals surface area contributed by atoms with E-state index in [0.29, 0.717) is 31.2 Å². The molecule has 0 aliphatic heterocycles. The molecule has 0 aliphatic carbocycles. The molecular weight excluding hydrogens is 402 g/mol. The summed E-state index contributed by atoms with van der Waals surface area (Å²) >= 11 is 0. The maximum absolute atomic E-state index is 13.3. The maximum Gasteiger partial charge on any atom is 0.336 e. The molecule has 6 nitrogen and oxygen atoms in total. The second kappa shape index (κ2) is 12.2. The Morgan fingerprint density at radius 2 is 1.69 bits per heavy atom. The van der Waals surface area contributed by atoms with E-state index >= 15 is 0 Å². The number of unbranched alkanes of at least 4 members (excludes halogenated alkanes) is 3. The van der Waals surface area contributed by atoms with Crippen molar-refractivity contribution in [3.8, 4) is 17.4 Å². The van der Waals surface area contributed by atoms with Gasteiger partial charge in [0.2, 0.25) is 0 Å². The number of aromatic nitrogens is 3. The van der Waals surface area contributed by atoms with E-state index < -0.39 is 0 Å². The first-order chi connectivity index (χ1) is 15.6. The fourth-order valence-electron chi connectivity index (χ4n) is 3.41. The lowest BCUT2D eigenvalue weighted by molar-refractivity contribution is 0.0938. The van der Waals surface area contributed by atoms with Crippen molar-refractivity contribution < 1.29 is 14.3 Å². The van der Waals surface area contributed by atoms with Crippen LogP contribution in [-0.4, -0.2) is 40.5 Å². The molecule has 0 amide bonds. The summed E-state index contributed by atoms with van der Waals surface area (Å²) in [6.45, 7) is 7.55. The van der Waals surface area contributed by atoms with Gasteiger partial charge in [-0.25, -0.2) is 0 Å². The number of benzene rings is 2. The highest BCUT2D eigenvalue weighted by atomic mass is 16.5. The summed E-state index contributed by atoms with van der Waals surface area (Å²) in [5.41, 5.74) is 3.76. The van der Waals surface area contributed by atoms with E-state index in [4.69, 9.17) is 9.47 Å². The van der Waals surface area contributed by atoms with Crippen molar-refractivity contribution in [3.63, 3.8) is 0 Å². The fourth-order valence-corrected chi connectivity index (χ4v) is 3.41. The zero-order chi connectivity index (χ0) is 22.8. The fraction of sp³-hybridized carbons (Fsp3) is 0.423. The van der Waals surface area contributed by atoms with Crippen LogP contribution in [0.5, 0.6) is 6.01 Å². The summed E-state index contributed by atoms with van der Waals surface area (Å²) < 4.78 is 12.3. The number of ether oxygens (including phenoxy) is 2. The van der Waals surface area contributed by atoms with Gasteiger partial charge < -0.3 is 9.47 Å². The molecule has 0 atom stereocenters. The van der Waals surface area contributed by atoms with Gasteiger partial charge in [0.1, 0.15) is 6.61 Å². The summed E-state index contributed by atoms with van der Waals surface area (Å²) in [4.78, 5) is 17.8. The first kappa shape index (κ1) is 23.7. The third-order valence-corrected chi connectivity index (χ3v) is 5.27. The van der Waals surface area contributed by atoms with Crippen LogP contribution in [0.1, 0.15) is 61.0 Å². The molecule has 0 radical (unpaired) electrons. The van der Waals surface area contributed by atoms with Crippen LogP contribution >= 0.6 is 0 Å². The molecule has 0 fully saturated rings. The summed E-state index contributed by atoms with van der Waals surface area (Å²) in [5.74, 6) is 0.232. The first-order valence-electron chi connectivity index (χ1n) is 11.5. The average molecular weight is 436 g/mol. The Bertz CT molecular complexity index is 979. The van der Waals surface area contributed by atoms with Gasteiger partial charge in [0, 0.05) is 17.7 Å². The topological polar surface area (TPSA) is 66.2 Å². The highest BCUT2D eigenvalue weighted by Crippen LogP contribution is 2.22. The van der Waals surface area contributed by atoms with E-state index in [1.807, 2.05) is 62.4 Å². The van der Waals surface area contributed by atoms with Crippen molar-refractivity contribution >= 4 is 5.91 Å². The molecule has 0 bridgehead atoms. The van der Waals surface area contributed by atoms with Gasteiger partial charge in [-0.3, -0.25) is 4.79 Å². The SMILES string of the molecule is CCCCCCc1ccc(C(=O)n2nc(OCCOCC)nc2-c2ccc(C)cc2)cc1. The third kappa shape index (κ3) is 6.50. The maximum atomic E-state index is 13.3. The summed E-state index contributed by atoms with van der Waals surface area (Å²) in [6.07, 6.45) is 5.93. The van der Waals surface area contributed by atoms with Crippen LogP contribution in [0.2, 0.25) is 0 Å². The Balaban J connectivity index is 1.80. The smallest absolute Gasteiger partial charge is 0.336 e. The highest BCUT2D eigenvalue weighted by molar-refractivity contribution is 5.97. The van der Waals surface area contributed by atoms with E-state index in [1.165, 1.54) is 35.9 Å². The van der Waals surface area contributed by atoms with E-state index in [-0.39, 0.29) is 11.9 Å². The monoisotopic (exact) mass is 435 g/mol. The second-order valence-electron chi connectivity index (χ2n) is 7.85. The van der Waals surface area contributed by atoms with Crippen LogP contribution in [0.3, 0.4) is 0 Å². The molecule has 0 spiro atoms. The van der Waals surface area contributed by atoms with E-state index in [1.54, 1.807) is 0 Å². The number of aryl methyl sites for hydroxylation is 2. The quantitative estimate of drug-likeness (QED) is 0.352. The minimum Gasteiger partial charge on any atom is -0.460 e. The van der Waals surface area contributed by atoms with Gasteiger partial charge in [-0.15, -0.1) is 5.10 Å². The number of hydrogen-bond acceptors (Lipinski definition) is 5. The van der Waals surface area contributed by atoms with Gasteiger partial charge in [0.25, 0.3) is 5.91 Å². The standard InChI is InChI=1S/C26H33N3O3/c1-4-6-7-8-9-21-12-16-23(17-13-21)25(30)29-24(22-14-10-20(3)11-15-22)27-26(28-29)32-19-18-31-5-2/h10-17H,4-9,18-19H2,1-3H3. The Kier molecular flexibility index (Phi) is 8.99. The molecule has 0 saturated heterocycles. The number of hydrogen-bond donors (Lipinski definition) is 0. The van der Waals surface area contributed by atoms with E-state index in [0.717, 1.165) is 17.5 Å². The van der Waals surface area contributed by atoms with Crippen molar-refractivity contribution in [1.82, 2.24) is 14.8 Å². The van der Waals surface area contributed by atoms with Crippen molar-refractivity contribution in [2.24, 2.45) is 0 Å². The number of nitrogens with zero attached hydrogens (tertiary/aromatic N) is 3. The number of rotatable bonds is 12. The van der Waals surface area contributed by atoms with Crippen molar-refractivity contribution in [1.29, 1.82) is 0 Å². The molecule has 6 heteroatoms. The van der Waals surface area contributed by atoms with Crippen LogP contribution in [0.4, 0.5) is 0 Å². The molecule has 1 aromatic heterocycles. The van der Waals surface area contributed by atoms with Crippen LogP contribution in [0.15, 0.2) is 48.5 Å². The Labute approximate surface area is 190 Å². The van der Waals surface area contributed by atoms with Crippen LogP contribution < -0.4 is 4.74 Å². The van der Waals surface area contributed by atoms with Crippen molar-refractivity contribution in [2.75, 3.05) is 19.8 Å². The molecule has 32 heavy (non-hydrogen) atoms. The van der Waals surface area contributed by atoms with Gasteiger partial charge in [-0.2, -0.15) is 9.67 Å². The second-order valence-corrected chi connectivity index (χ2v) is 7.85. The zero-order valence-corrected chi connectivity index (χ0v) is 19.3.